The van der Waals surface area contributed by atoms with Crippen molar-refractivity contribution in [3.05, 3.63) is 24.3 Å². The molecule has 0 aromatic rings. The first-order chi connectivity index (χ1) is 27.5. The number of hydrogen-bond donors (Lipinski definition) is 3. The van der Waals surface area contributed by atoms with E-state index in [1.54, 1.807) is 0 Å². The molecule has 0 spiro atoms. The van der Waals surface area contributed by atoms with E-state index in [-0.39, 0.29) is 18.5 Å². The fourth-order valence-electron chi connectivity index (χ4n) is 7.39. The van der Waals surface area contributed by atoms with E-state index in [0.717, 1.165) is 83.5 Å². The smallest absolute Gasteiger partial charge is 0.305 e. The van der Waals surface area contributed by atoms with Crippen LogP contribution in [0.25, 0.3) is 0 Å². The number of aliphatic hydroxyl groups is 2. The summed E-state index contributed by atoms with van der Waals surface area (Å²) < 4.78 is 5.44. The van der Waals surface area contributed by atoms with E-state index < -0.39 is 12.1 Å². The Morgan fingerprint density at radius 2 is 0.839 bits per heavy atom. The summed E-state index contributed by atoms with van der Waals surface area (Å²) in [6.45, 7) is 4.84. The second kappa shape index (κ2) is 46.0. The lowest BCUT2D eigenvalue weighted by molar-refractivity contribution is -0.143. The molecule has 0 aromatic heterocycles. The normalized spacial score (nSPS) is 12.9. The Morgan fingerprint density at radius 1 is 0.482 bits per heavy atom. The maximum absolute atomic E-state index is 12.4. The summed E-state index contributed by atoms with van der Waals surface area (Å²) in [5, 5.41) is 23.0. The Morgan fingerprint density at radius 3 is 1.27 bits per heavy atom. The molecule has 0 aliphatic heterocycles. The van der Waals surface area contributed by atoms with Crippen LogP contribution in [0.1, 0.15) is 258 Å². The number of carbonyl (C=O) groups excluding carboxylic acids is 2. The average Bonchev–Trinajstić information content (AvgIpc) is 3.20. The molecule has 0 heterocycles. The maximum Gasteiger partial charge on any atom is 0.305 e. The molecular formula is C50H95NO5. The van der Waals surface area contributed by atoms with Crippen molar-refractivity contribution in [3.63, 3.8) is 0 Å². The van der Waals surface area contributed by atoms with Crippen molar-refractivity contribution in [2.75, 3.05) is 13.2 Å². The molecule has 0 aromatic carbocycles. The molecule has 56 heavy (non-hydrogen) atoms. The Kier molecular flexibility index (Phi) is 44.7. The van der Waals surface area contributed by atoms with Crippen LogP contribution in [-0.2, 0) is 14.3 Å². The van der Waals surface area contributed by atoms with Crippen molar-refractivity contribution in [1.82, 2.24) is 5.32 Å². The first kappa shape index (κ1) is 54.3. The quantitative estimate of drug-likeness (QED) is 0.0324. The van der Waals surface area contributed by atoms with Gasteiger partial charge in [-0.15, -0.1) is 0 Å². The standard InChI is InChI=1S/C50H95NO5/c1-3-5-7-9-11-13-14-15-16-17-18-19-20-21-24-28-32-36-40-44-50(55)56-45-41-37-33-29-25-22-23-27-31-35-39-43-49(54)51-47(46-52)48(53)42-38-34-30-26-12-10-8-6-4-2/h15-16,25,29,47-48,52-53H,3-14,17-24,26-28,30-46H2,1-2H3,(H,51,54)/b16-15-,29-25-. The highest BCUT2D eigenvalue weighted by Gasteiger charge is 2.20. The molecule has 330 valence electrons. The van der Waals surface area contributed by atoms with E-state index in [1.165, 1.54) is 141 Å². The molecule has 0 aliphatic carbocycles. The Bertz CT molecular complexity index is 874. The topological polar surface area (TPSA) is 95.9 Å². The van der Waals surface area contributed by atoms with E-state index in [0.29, 0.717) is 25.9 Å². The first-order valence-electron chi connectivity index (χ1n) is 24.6. The fourth-order valence-corrected chi connectivity index (χ4v) is 7.39. The number of esters is 1. The molecule has 0 bridgehead atoms. The zero-order valence-electron chi connectivity index (χ0n) is 37.4. The van der Waals surface area contributed by atoms with Gasteiger partial charge in [-0.2, -0.15) is 0 Å². The van der Waals surface area contributed by atoms with Gasteiger partial charge in [-0.05, 0) is 77.0 Å². The Hall–Kier alpha value is -1.66. The van der Waals surface area contributed by atoms with Gasteiger partial charge in [0.25, 0.3) is 0 Å². The molecule has 0 rings (SSSR count). The van der Waals surface area contributed by atoms with Gasteiger partial charge in [0.2, 0.25) is 5.91 Å². The van der Waals surface area contributed by atoms with Gasteiger partial charge >= 0.3 is 5.97 Å². The summed E-state index contributed by atoms with van der Waals surface area (Å²) in [6, 6.07) is -0.560. The Labute approximate surface area is 348 Å². The van der Waals surface area contributed by atoms with Crippen LogP contribution in [0.4, 0.5) is 0 Å². The maximum atomic E-state index is 12.4. The monoisotopic (exact) mass is 790 g/mol. The van der Waals surface area contributed by atoms with Crippen LogP contribution < -0.4 is 5.32 Å². The summed E-state index contributed by atoms with van der Waals surface area (Å²) in [7, 11) is 0. The van der Waals surface area contributed by atoms with E-state index in [4.69, 9.17) is 4.74 Å². The van der Waals surface area contributed by atoms with Gasteiger partial charge in [0.05, 0.1) is 25.4 Å². The van der Waals surface area contributed by atoms with Crippen molar-refractivity contribution < 1.29 is 24.5 Å². The van der Waals surface area contributed by atoms with Crippen LogP contribution in [0.2, 0.25) is 0 Å². The number of aliphatic hydroxyl groups excluding tert-OH is 2. The van der Waals surface area contributed by atoms with Gasteiger partial charge in [-0.1, -0.05) is 192 Å². The fraction of sp³-hybridized carbons (Fsp3) is 0.880. The van der Waals surface area contributed by atoms with Crippen LogP contribution in [0.3, 0.4) is 0 Å². The number of hydrogen-bond acceptors (Lipinski definition) is 5. The van der Waals surface area contributed by atoms with Crippen molar-refractivity contribution in [1.29, 1.82) is 0 Å². The zero-order valence-corrected chi connectivity index (χ0v) is 37.4. The van der Waals surface area contributed by atoms with Crippen LogP contribution in [0.5, 0.6) is 0 Å². The highest BCUT2D eigenvalue weighted by molar-refractivity contribution is 5.76. The molecule has 0 fully saturated rings. The summed E-state index contributed by atoms with van der Waals surface area (Å²) in [5.41, 5.74) is 0. The van der Waals surface area contributed by atoms with Gasteiger partial charge in [0.15, 0.2) is 0 Å². The van der Waals surface area contributed by atoms with Crippen molar-refractivity contribution in [2.45, 2.75) is 270 Å². The van der Waals surface area contributed by atoms with E-state index in [2.05, 4.69) is 43.5 Å². The third-order valence-corrected chi connectivity index (χ3v) is 11.2. The van der Waals surface area contributed by atoms with Crippen LogP contribution in [-0.4, -0.2) is 47.4 Å². The lowest BCUT2D eigenvalue weighted by atomic mass is 10.0. The van der Waals surface area contributed by atoms with E-state index >= 15 is 0 Å². The summed E-state index contributed by atoms with van der Waals surface area (Å²) in [6.07, 6.45) is 53.0. The predicted molar refractivity (Wildman–Crippen MR) is 241 cm³/mol. The van der Waals surface area contributed by atoms with Gasteiger partial charge in [0.1, 0.15) is 0 Å². The lowest BCUT2D eigenvalue weighted by Gasteiger charge is -2.22. The van der Waals surface area contributed by atoms with Gasteiger partial charge in [-0.25, -0.2) is 0 Å². The SMILES string of the molecule is CCCCCCCC/C=C\CCCCCCCCCCCC(=O)OCCCC/C=C\CCCCCCCC(=O)NC(CO)C(O)CCCCCCCCCCC. The average molecular weight is 790 g/mol. The number of unbranched alkanes of at least 4 members (excludes halogenated alkanes) is 30. The van der Waals surface area contributed by atoms with Crippen molar-refractivity contribution >= 4 is 11.9 Å². The molecule has 0 radical (unpaired) electrons. The number of ether oxygens (including phenoxy) is 1. The zero-order chi connectivity index (χ0) is 40.8. The molecule has 6 heteroatoms. The first-order valence-corrected chi connectivity index (χ1v) is 24.6. The van der Waals surface area contributed by atoms with Gasteiger partial charge in [-0.3, -0.25) is 9.59 Å². The molecule has 0 aliphatic rings. The summed E-state index contributed by atoms with van der Waals surface area (Å²) in [4.78, 5) is 24.4. The van der Waals surface area contributed by atoms with Crippen molar-refractivity contribution in [3.8, 4) is 0 Å². The third-order valence-electron chi connectivity index (χ3n) is 11.2. The second-order valence-electron chi connectivity index (χ2n) is 16.8. The number of carbonyl (C=O) groups is 2. The summed E-state index contributed by atoms with van der Waals surface area (Å²) >= 11 is 0. The van der Waals surface area contributed by atoms with Crippen LogP contribution >= 0.6 is 0 Å². The van der Waals surface area contributed by atoms with Crippen LogP contribution in [0.15, 0.2) is 24.3 Å². The molecule has 2 atom stereocenters. The van der Waals surface area contributed by atoms with E-state index in [1.807, 2.05) is 0 Å². The minimum atomic E-state index is -0.680. The number of rotatable bonds is 45. The predicted octanol–water partition coefficient (Wildman–Crippen LogP) is 14.3. The number of allylic oxidation sites excluding steroid dienone is 4. The molecular weight excluding hydrogens is 695 g/mol. The molecule has 2 unspecified atom stereocenters. The lowest BCUT2D eigenvalue weighted by Crippen LogP contribution is -2.45. The second-order valence-corrected chi connectivity index (χ2v) is 16.8. The number of amides is 1. The van der Waals surface area contributed by atoms with Crippen LogP contribution in [0, 0.1) is 0 Å². The van der Waals surface area contributed by atoms with E-state index in [9.17, 15) is 19.8 Å². The Balaban J connectivity index is 3.47. The molecule has 3 N–H and O–H groups in total. The largest absolute Gasteiger partial charge is 0.466 e. The minimum Gasteiger partial charge on any atom is -0.466 e. The molecule has 0 saturated heterocycles. The highest BCUT2D eigenvalue weighted by atomic mass is 16.5. The minimum absolute atomic E-state index is 0.0325. The summed E-state index contributed by atoms with van der Waals surface area (Å²) in [5.74, 6) is -0.0997. The van der Waals surface area contributed by atoms with Gasteiger partial charge in [0, 0.05) is 12.8 Å². The number of nitrogens with one attached hydrogen (secondary N) is 1. The highest BCUT2D eigenvalue weighted by Crippen LogP contribution is 2.15. The third kappa shape index (κ3) is 42.0. The van der Waals surface area contributed by atoms with Crippen molar-refractivity contribution in [2.24, 2.45) is 0 Å². The molecule has 0 saturated carbocycles. The molecule has 1 amide bonds. The molecule has 6 nitrogen and oxygen atoms in total. The van der Waals surface area contributed by atoms with Gasteiger partial charge < -0.3 is 20.3 Å².